The van der Waals surface area contributed by atoms with Gasteiger partial charge < -0.3 is 9.16 Å². The minimum Gasteiger partial charge on any atom is -0.539 e. The maximum atomic E-state index is 6.25. The molecule has 0 heterocycles. The standard InChI is InChI=1S/C15H25O2Si/c1-11(2)16-14-9-7-8-10-15(14)17-18(12(3)4)13(5)6/h7-13H,1-6H3. The SMILES string of the molecule is CC(C)Oc1ccccc1O[Si](C(C)C)C(C)C. The summed E-state index contributed by atoms with van der Waals surface area (Å²) in [5, 5.41) is 0. The monoisotopic (exact) mass is 265 g/mol. The van der Waals surface area contributed by atoms with Crippen molar-refractivity contribution in [3.8, 4) is 11.5 Å². The summed E-state index contributed by atoms with van der Waals surface area (Å²) in [6, 6.07) is 7.98. The summed E-state index contributed by atoms with van der Waals surface area (Å²) in [6.07, 6.45) is 0.170. The summed E-state index contributed by atoms with van der Waals surface area (Å²) in [5.41, 5.74) is 1.17. The molecule has 0 N–H and O–H groups in total. The van der Waals surface area contributed by atoms with Crippen LogP contribution in [0.3, 0.4) is 0 Å². The first kappa shape index (κ1) is 15.1. The second-order valence-electron chi connectivity index (χ2n) is 5.43. The quantitative estimate of drug-likeness (QED) is 0.696. The van der Waals surface area contributed by atoms with Crippen LogP contribution in [-0.4, -0.2) is 15.1 Å². The molecule has 0 saturated carbocycles. The van der Waals surface area contributed by atoms with Gasteiger partial charge in [0, 0.05) is 0 Å². The highest BCUT2D eigenvalue weighted by atomic mass is 28.3. The summed E-state index contributed by atoms with van der Waals surface area (Å²) < 4.78 is 12.0. The number of benzene rings is 1. The van der Waals surface area contributed by atoms with E-state index in [1.54, 1.807) is 0 Å². The van der Waals surface area contributed by atoms with E-state index in [1.165, 1.54) is 0 Å². The highest BCUT2D eigenvalue weighted by Crippen LogP contribution is 2.31. The second-order valence-corrected chi connectivity index (χ2v) is 8.75. The largest absolute Gasteiger partial charge is 0.539 e. The lowest BCUT2D eigenvalue weighted by Crippen LogP contribution is -2.29. The highest BCUT2D eigenvalue weighted by Gasteiger charge is 2.25. The van der Waals surface area contributed by atoms with Gasteiger partial charge in [-0.25, -0.2) is 0 Å². The maximum Gasteiger partial charge on any atom is 0.286 e. The lowest BCUT2D eigenvalue weighted by atomic mass is 10.3. The van der Waals surface area contributed by atoms with E-state index in [0.29, 0.717) is 11.1 Å². The summed E-state index contributed by atoms with van der Waals surface area (Å²) in [7, 11) is -0.868. The summed E-state index contributed by atoms with van der Waals surface area (Å²) in [5.74, 6) is 1.75. The summed E-state index contributed by atoms with van der Waals surface area (Å²) in [4.78, 5) is 0. The fourth-order valence-electron chi connectivity index (χ4n) is 1.92. The van der Waals surface area contributed by atoms with E-state index in [0.717, 1.165) is 11.5 Å². The van der Waals surface area contributed by atoms with Crippen LogP contribution in [0.1, 0.15) is 41.5 Å². The number of ether oxygens (including phenoxy) is 1. The molecule has 1 aromatic rings. The van der Waals surface area contributed by atoms with E-state index >= 15 is 0 Å². The molecule has 0 aliphatic carbocycles. The predicted octanol–water partition coefficient (Wildman–Crippen LogP) is 4.66. The molecule has 1 rings (SSSR count). The van der Waals surface area contributed by atoms with Gasteiger partial charge in [0.1, 0.15) is 5.75 Å². The van der Waals surface area contributed by atoms with Crippen molar-refractivity contribution in [1.29, 1.82) is 0 Å². The van der Waals surface area contributed by atoms with Crippen LogP contribution in [0.5, 0.6) is 11.5 Å². The van der Waals surface area contributed by atoms with Crippen molar-refractivity contribution in [2.24, 2.45) is 0 Å². The topological polar surface area (TPSA) is 18.5 Å². The van der Waals surface area contributed by atoms with E-state index in [9.17, 15) is 0 Å². The van der Waals surface area contributed by atoms with Crippen LogP contribution in [0.25, 0.3) is 0 Å². The van der Waals surface area contributed by atoms with Crippen molar-refractivity contribution in [3.05, 3.63) is 24.3 Å². The normalized spacial score (nSPS) is 11.7. The Labute approximate surface area is 113 Å². The first-order valence-corrected chi connectivity index (χ1v) is 8.28. The van der Waals surface area contributed by atoms with Gasteiger partial charge in [-0.1, -0.05) is 39.8 Å². The molecule has 18 heavy (non-hydrogen) atoms. The Morgan fingerprint density at radius 1 is 0.833 bits per heavy atom. The van der Waals surface area contributed by atoms with Gasteiger partial charge in [-0.2, -0.15) is 0 Å². The minimum absolute atomic E-state index is 0.170. The molecule has 0 aliphatic rings. The molecular formula is C15H25O2Si. The van der Waals surface area contributed by atoms with E-state index in [-0.39, 0.29) is 6.10 Å². The number of para-hydroxylation sites is 2. The number of hydrogen-bond donors (Lipinski definition) is 0. The van der Waals surface area contributed by atoms with E-state index in [1.807, 2.05) is 38.1 Å². The van der Waals surface area contributed by atoms with E-state index in [2.05, 4.69) is 27.7 Å². The molecule has 0 fully saturated rings. The third-order valence-corrected chi connectivity index (χ3v) is 5.31. The molecule has 1 radical (unpaired) electrons. The average Bonchev–Trinajstić information content (AvgIpc) is 2.26. The van der Waals surface area contributed by atoms with Crippen LogP contribution in [0.4, 0.5) is 0 Å². The van der Waals surface area contributed by atoms with Crippen LogP contribution in [0, 0.1) is 0 Å². The van der Waals surface area contributed by atoms with Gasteiger partial charge in [-0.05, 0) is 37.1 Å². The average molecular weight is 265 g/mol. The first-order valence-electron chi connectivity index (χ1n) is 6.72. The molecule has 101 valence electrons. The van der Waals surface area contributed by atoms with Crippen molar-refractivity contribution in [1.82, 2.24) is 0 Å². The fourth-order valence-corrected chi connectivity index (χ4v) is 4.14. The van der Waals surface area contributed by atoms with Gasteiger partial charge in [0.2, 0.25) is 0 Å². The van der Waals surface area contributed by atoms with Crippen molar-refractivity contribution in [2.75, 3.05) is 0 Å². The molecule has 0 amide bonds. The Morgan fingerprint density at radius 2 is 1.33 bits per heavy atom. The zero-order chi connectivity index (χ0) is 13.7. The molecule has 2 nitrogen and oxygen atoms in total. The van der Waals surface area contributed by atoms with Crippen molar-refractivity contribution in [3.63, 3.8) is 0 Å². The molecule has 0 bridgehead atoms. The lowest BCUT2D eigenvalue weighted by molar-refractivity contribution is 0.235. The highest BCUT2D eigenvalue weighted by molar-refractivity contribution is 6.55. The molecule has 0 aromatic heterocycles. The van der Waals surface area contributed by atoms with Gasteiger partial charge in [0.15, 0.2) is 5.75 Å². The number of rotatable bonds is 6. The van der Waals surface area contributed by atoms with E-state index < -0.39 is 9.04 Å². The smallest absolute Gasteiger partial charge is 0.286 e. The van der Waals surface area contributed by atoms with Gasteiger partial charge in [-0.3, -0.25) is 0 Å². The van der Waals surface area contributed by atoms with E-state index in [4.69, 9.17) is 9.16 Å². The van der Waals surface area contributed by atoms with Gasteiger partial charge >= 0.3 is 0 Å². The molecule has 0 atom stereocenters. The van der Waals surface area contributed by atoms with Crippen LogP contribution in [0.15, 0.2) is 24.3 Å². The third-order valence-electron chi connectivity index (χ3n) is 2.58. The zero-order valence-corrected chi connectivity index (χ0v) is 13.4. The Kier molecular flexibility index (Phi) is 5.73. The minimum atomic E-state index is -0.868. The van der Waals surface area contributed by atoms with Crippen LogP contribution in [0.2, 0.25) is 11.1 Å². The Balaban J connectivity index is 2.88. The van der Waals surface area contributed by atoms with Gasteiger partial charge in [0.05, 0.1) is 6.10 Å². The number of hydrogen-bond acceptors (Lipinski definition) is 2. The Morgan fingerprint density at radius 3 is 1.78 bits per heavy atom. The Bertz CT molecular complexity index is 353. The molecule has 1 aromatic carbocycles. The lowest BCUT2D eigenvalue weighted by Gasteiger charge is -2.24. The molecule has 0 spiro atoms. The van der Waals surface area contributed by atoms with Crippen LogP contribution < -0.4 is 9.16 Å². The second kappa shape index (κ2) is 6.83. The van der Waals surface area contributed by atoms with Crippen LogP contribution >= 0.6 is 0 Å². The Hall–Kier alpha value is -0.963. The van der Waals surface area contributed by atoms with Gasteiger partial charge in [-0.15, -0.1) is 0 Å². The molecule has 0 saturated heterocycles. The molecule has 3 heteroatoms. The van der Waals surface area contributed by atoms with Gasteiger partial charge in [0.25, 0.3) is 9.04 Å². The van der Waals surface area contributed by atoms with Crippen molar-refractivity contribution < 1.29 is 9.16 Å². The zero-order valence-electron chi connectivity index (χ0n) is 12.4. The maximum absolute atomic E-state index is 6.25. The first-order chi connectivity index (χ1) is 8.41. The molecule has 0 unspecified atom stereocenters. The summed E-state index contributed by atoms with van der Waals surface area (Å²) >= 11 is 0. The fraction of sp³-hybridized carbons (Fsp3) is 0.600. The summed E-state index contributed by atoms with van der Waals surface area (Å²) in [6.45, 7) is 13.0. The van der Waals surface area contributed by atoms with Crippen LogP contribution in [-0.2, 0) is 0 Å². The molecular weight excluding hydrogens is 240 g/mol. The van der Waals surface area contributed by atoms with Crippen molar-refractivity contribution in [2.45, 2.75) is 58.7 Å². The molecule has 0 aliphatic heterocycles. The van der Waals surface area contributed by atoms with Crippen molar-refractivity contribution >= 4 is 9.04 Å². The third kappa shape index (κ3) is 4.37. The predicted molar refractivity (Wildman–Crippen MR) is 78.8 cm³/mol.